The average molecular weight is 406 g/mol. The van der Waals surface area contributed by atoms with Crippen molar-refractivity contribution in [2.75, 3.05) is 53.8 Å². The fraction of sp³-hybridized carbons (Fsp3) is 0.533. The smallest absolute Gasteiger partial charge is 0.195 e. The summed E-state index contributed by atoms with van der Waals surface area (Å²) in [7, 11) is 9.71. The van der Waals surface area contributed by atoms with Crippen LogP contribution in [0.15, 0.2) is 29.3 Å². The SMILES string of the molecule is COCCNc1ccc(CN=C(N(C)C)N(C)C)cc1.I. The zero-order valence-electron chi connectivity index (χ0n) is 13.6. The Kier molecular flexibility index (Phi) is 10.2. The van der Waals surface area contributed by atoms with E-state index < -0.39 is 0 Å². The molecule has 0 saturated heterocycles. The van der Waals surface area contributed by atoms with E-state index in [4.69, 9.17) is 4.74 Å². The van der Waals surface area contributed by atoms with Crippen LogP contribution in [0.25, 0.3) is 0 Å². The molecule has 0 spiro atoms. The summed E-state index contributed by atoms with van der Waals surface area (Å²) in [6.45, 7) is 2.21. The molecular weight excluding hydrogens is 379 g/mol. The van der Waals surface area contributed by atoms with Gasteiger partial charge in [0.25, 0.3) is 0 Å². The monoisotopic (exact) mass is 406 g/mol. The number of guanidine groups is 1. The highest BCUT2D eigenvalue weighted by Crippen LogP contribution is 2.10. The van der Waals surface area contributed by atoms with Crippen molar-refractivity contribution in [3.8, 4) is 0 Å². The van der Waals surface area contributed by atoms with E-state index in [0.717, 1.165) is 18.2 Å². The number of anilines is 1. The van der Waals surface area contributed by atoms with Gasteiger partial charge in [-0.25, -0.2) is 4.99 Å². The Balaban J connectivity index is 0.00000400. The first-order valence-corrected chi connectivity index (χ1v) is 6.75. The molecule has 0 radical (unpaired) electrons. The summed E-state index contributed by atoms with van der Waals surface area (Å²) >= 11 is 0. The van der Waals surface area contributed by atoms with E-state index in [1.54, 1.807) is 7.11 Å². The number of methoxy groups -OCH3 is 1. The molecule has 0 fully saturated rings. The van der Waals surface area contributed by atoms with Crippen LogP contribution in [0.4, 0.5) is 5.69 Å². The lowest BCUT2D eigenvalue weighted by Crippen LogP contribution is -2.35. The Morgan fingerprint density at radius 1 is 1.10 bits per heavy atom. The van der Waals surface area contributed by atoms with Crippen LogP contribution in [-0.4, -0.2) is 64.2 Å². The fourth-order valence-electron chi connectivity index (χ4n) is 1.87. The van der Waals surface area contributed by atoms with Gasteiger partial charge in [0.1, 0.15) is 0 Å². The molecule has 5 nitrogen and oxygen atoms in total. The molecule has 0 aromatic heterocycles. The second-order valence-electron chi connectivity index (χ2n) is 5.02. The Labute approximate surface area is 145 Å². The summed E-state index contributed by atoms with van der Waals surface area (Å²) in [6, 6.07) is 8.35. The van der Waals surface area contributed by atoms with Crippen molar-refractivity contribution in [2.45, 2.75) is 6.54 Å². The van der Waals surface area contributed by atoms with Crippen LogP contribution in [0.3, 0.4) is 0 Å². The van der Waals surface area contributed by atoms with Crippen LogP contribution < -0.4 is 5.32 Å². The van der Waals surface area contributed by atoms with Crippen molar-refractivity contribution >= 4 is 35.6 Å². The molecule has 0 amide bonds. The molecule has 0 unspecified atom stereocenters. The van der Waals surface area contributed by atoms with Gasteiger partial charge in [-0.15, -0.1) is 24.0 Å². The number of benzene rings is 1. The van der Waals surface area contributed by atoms with Crippen LogP contribution in [0.2, 0.25) is 0 Å². The quantitative estimate of drug-likeness (QED) is 0.341. The van der Waals surface area contributed by atoms with Crippen molar-refractivity contribution in [2.24, 2.45) is 4.99 Å². The molecule has 0 aliphatic heterocycles. The van der Waals surface area contributed by atoms with E-state index in [1.807, 2.05) is 38.0 Å². The summed E-state index contributed by atoms with van der Waals surface area (Å²) in [4.78, 5) is 8.66. The van der Waals surface area contributed by atoms with Gasteiger partial charge in [0, 0.05) is 47.5 Å². The van der Waals surface area contributed by atoms with Crippen molar-refractivity contribution in [1.82, 2.24) is 9.80 Å². The molecule has 1 N–H and O–H groups in total. The molecule has 1 aromatic rings. The van der Waals surface area contributed by atoms with Gasteiger partial charge in [-0.05, 0) is 17.7 Å². The average Bonchev–Trinajstić information content (AvgIpc) is 2.40. The number of ether oxygens (including phenoxy) is 1. The largest absolute Gasteiger partial charge is 0.383 e. The Bertz CT molecular complexity index is 408. The van der Waals surface area contributed by atoms with Gasteiger partial charge in [0.2, 0.25) is 0 Å². The minimum absolute atomic E-state index is 0. The van der Waals surface area contributed by atoms with Gasteiger partial charge in [-0.2, -0.15) is 0 Å². The summed E-state index contributed by atoms with van der Waals surface area (Å²) in [5.41, 5.74) is 2.30. The molecule has 0 heterocycles. The summed E-state index contributed by atoms with van der Waals surface area (Å²) in [6.07, 6.45) is 0. The van der Waals surface area contributed by atoms with Gasteiger partial charge in [-0.3, -0.25) is 0 Å². The molecule has 21 heavy (non-hydrogen) atoms. The molecule has 0 saturated carbocycles. The fourth-order valence-corrected chi connectivity index (χ4v) is 1.87. The number of nitrogens with one attached hydrogen (secondary N) is 1. The Morgan fingerprint density at radius 3 is 2.14 bits per heavy atom. The van der Waals surface area contributed by atoms with Gasteiger partial charge < -0.3 is 19.9 Å². The molecule has 0 aliphatic carbocycles. The second kappa shape index (κ2) is 10.7. The maximum Gasteiger partial charge on any atom is 0.195 e. The highest BCUT2D eigenvalue weighted by atomic mass is 127. The third-order valence-electron chi connectivity index (χ3n) is 2.79. The maximum absolute atomic E-state index is 5.01. The summed E-state index contributed by atoms with van der Waals surface area (Å²) in [5.74, 6) is 0.965. The third kappa shape index (κ3) is 7.52. The van der Waals surface area contributed by atoms with Crippen LogP contribution in [-0.2, 0) is 11.3 Å². The normalized spacial score (nSPS) is 9.57. The van der Waals surface area contributed by atoms with Crippen LogP contribution in [0.1, 0.15) is 5.56 Å². The summed E-state index contributed by atoms with van der Waals surface area (Å²) < 4.78 is 5.01. The molecule has 1 aromatic carbocycles. The number of hydrogen-bond donors (Lipinski definition) is 1. The number of hydrogen-bond acceptors (Lipinski definition) is 3. The molecule has 6 heteroatoms. The van der Waals surface area contributed by atoms with E-state index in [9.17, 15) is 0 Å². The molecule has 120 valence electrons. The maximum atomic E-state index is 5.01. The van der Waals surface area contributed by atoms with Crippen molar-refractivity contribution < 1.29 is 4.74 Å². The standard InChI is InChI=1S/C15H26N4O.HI/c1-18(2)15(19(3)4)17-12-13-6-8-14(9-7-13)16-10-11-20-5;/h6-9,16H,10-12H2,1-5H3;1H. The molecule has 0 aliphatic rings. The molecule has 0 bridgehead atoms. The van der Waals surface area contributed by atoms with Crippen molar-refractivity contribution in [1.29, 1.82) is 0 Å². The second-order valence-corrected chi connectivity index (χ2v) is 5.02. The number of rotatable bonds is 6. The van der Waals surface area contributed by atoms with Crippen molar-refractivity contribution in [3.63, 3.8) is 0 Å². The lowest BCUT2D eigenvalue weighted by atomic mass is 10.2. The van der Waals surface area contributed by atoms with Crippen LogP contribution >= 0.6 is 24.0 Å². The van der Waals surface area contributed by atoms with Gasteiger partial charge in [-0.1, -0.05) is 12.1 Å². The first-order valence-electron chi connectivity index (χ1n) is 6.75. The molecule has 0 atom stereocenters. The Hall–Kier alpha value is -1.02. The zero-order chi connectivity index (χ0) is 15.0. The lowest BCUT2D eigenvalue weighted by molar-refractivity contribution is 0.211. The lowest BCUT2D eigenvalue weighted by Gasteiger charge is -2.22. The van der Waals surface area contributed by atoms with Crippen molar-refractivity contribution in [3.05, 3.63) is 29.8 Å². The predicted octanol–water partition coefficient (Wildman–Crippen LogP) is 2.34. The van der Waals surface area contributed by atoms with Gasteiger partial charge in [0.15, 0.2) is 5.96 Å². The van der Waals surface area contributed by atoms with E-state index in [0.29, 0.717) is 13.2 Å². The Morgan fingerprint density at radius 2 is 1.67 bits per heavy atom. The first kappa shape index (κ1) is 20.0. The molecule has 1 rings (SSSR count). The zero-order valence-corrected chi connectivity index (χ0v) is 15.9. The summed E-state index contributed by atoms with van der Waals surface area (Å²) in [5, 5.41) is 3.30. The number of nitrogens with zero attached hydrogens (tertiary/aromatic N) is 3. The molecular formula is C15H27IN4O. The third-order valence-corrected chi connectivity index (χ3v) is 2.79. The highest BCUT2D eigenvalue weighted by Gasteiger charge is 2.03. The van der Waals surface area contributed by atoms with Crippen LogP contribution in [0.5, 0.6) is 0 Å². The topological polar surface area (TPSA) is 40.1 Å². The minimum Gasteiger partial charge on any atom is -0.383 e. The van der Waals surface area contributed by atoms with Crippen LogP contribution in [0, 0.1) is 0 Å². The number of halogens is 1. The first-order chi connectivity index (χ1) is 9.54. The van der Waals surface area contributed by atoms with Gasteiger partial charge >= 0.3 is 0 Å². The van der Waals surface area contributed by atoms with E-state index in [1.165, 1.54) is 5.56 Å². The van der Waals surface area contributed by atoms with Gasteiger partial charge in [0.05, 0.1) is 13.2 Å². The number of aliphatic imine (C=N–C) groups is 1. The van der Waals surface area contributed by atoms with E-state index in [2.05, 4.69) is 34.6 Å². The van der Waals surface area contributed by atoms with E-state index >= 15 is 0 Å². The minimum atomic E-state index is 0. The predicted molar refractivity (Wildman–Crippen MR) is 101 cm³/mol. The highest BCUT2D eigenvalue weighted by molar-refractivity contribution is 14.0. The van der Waals surface area contributed by atoms with E-state index in [-0.39, 0.29) is 24.0 Å².